The monoisotopic (exact) mass is 340 g/mol. The Hall–Kier alpha value is -1.83. The topological polar surface area (TPSA) is 80.9 Å². The van der Waals surface area contributed by atoms with Gasteiger partial charge in [-0.25, -0.2) is 13.9 Å². The molecule has 0 spiro atoms. The first-order valence-corrected chi connectivity index (χ1v) is 6.81. The van der Waals surface area contributed by atoms with Gasteiger partial charge in [-0.05, 0) is 47.9 Å². The summed E-state index contributed by atoms with van der Waals surface area (Å²) in [5.41, 5.74) is -0.981. The fourth-order valence-electron chi connectivity index (χ4n) is 2.34. The van der Waals surface area contributed by atoms with Gasteiger partial charge in [-0.3, -0.25) is 0 Å². The first-order valence-electron chi connectivity index (χ1n) is 6.02. The number of rotatable bonds is 3. The van der Waals surface area contributed by atoms with E-state index in [1.165, 1.54) is 16.8 Å². The average molecular weight is 341 g/mol. The molecule has 8 heteroatoms. The van der Waals surface area contributed by atoms with Crippen LogP contribution in [0.2, 0.25) is 0 Å². The lowest BCUT2D eigenvalue weighted by Crippen LogP contribution is -2.48. The number of hydrogen-bond acceptors (Lipinski definition) is 4. The zero-order valence-electron chi connectivity index (χ0n) is 10.3. The van der Waals surface area contributed by atoms with E-state index in [4.69, 9.17) is 0 Å². The molecule has 0 saturated heterocycles. The van der Waals surface area contributed by atoms with Crippen molar-refractivity contribution in [3.8, 4) is 11.4 Å². The summed E-state index contributed by atoms with van der Waals surface area (Å²) in [4.78, 5) is 11.5. The molecule has 0 atom stereocenters. The summed E-state index contributed by atoms with van der Waals surface area (Å²) >= 11 is 3.26. The molecule has 1 aliphatic rings. The van der Waals surface area contributed by atoms with Gasteiger partial charge in [0.25, 0.3) is 0 Å². The van der Waals surface area contributed by atoms with Crippen molar-refractivity contribution in [2.45, 2.75) is 24.8 Å². The smallest absolute Gasteiger partial charge is 0.331 e. The molecule has 0 amide bonds. The Morgan fingerprint density at radius 2 is 2.20 bits per heavy atom. The first-order chi connectivity index (χ1) is 9.54. The second-order valence-electron chi connectivity index (χ2n) is 4.73. The fourth-order valence-corrected chi connectivity index (χ4v) is 2.70. The number of carboxylic acid groups (broad SMARTS) is 1. The molecule has 0 radical (unpaired) electrons. The molecule has 1 saturated carbocycles. The van der Waals surface area contributed by atoms with Crippen molar-refractivity contribution in [1.29, 1.82) is 0 Å². The second kappa shape index (κ2) is 4.62. The molecule has 0 unspecified atom stereocenters. The van der Waals surface area contributed by atoms with Crippen LogP contribution in [0.3, 0.4) is 0 Å². The van der Waals surface area contributed by atoms with Crippen LogP contribution >= 0.6 is 15.9 Å². The Morgan fingerprint density at radius 3 is 2.80 bits per heavy atom. The molecule has 1 aromatic heterocycles. The van der Waals surface area contributed by atoms with Crippen LogP contribution in [0.1, 0.15) is 19.3 Å². The number of tetrazole rings is 1. The molecule has 0 bridgehead atoms. The largest absolute Gasteiger partial charge is 0.479 e. The van der Waals surface area contributed by atoms with Gasteiger partial charge in [0.2, 0.25) is 0 Å². The minimum Gasteiger partial charge on any atom is -0.479 e. The maximum absolute atomic E-state index is 13.9. The number of nitrogens with zero attached hydrogens (tertiary/aromatic N) is 4. The van der Waals surface area contributed by atoms with E-state index in [2.05, 4.69) is 31.5 Å². The van der Waals surface area contributed by atoms with Gasteiger partial charge in [-0.1, -0.05) is 15.9 Å². The van der Waals surface area contributed by atoms with E-state index in [-0.39, 0.29) is 11.4 Å². The summed E-state index contributed by atoms with van der Waals surface area (Å²) in [6.07, 6.45) is 1.67. The Kier molecular flexibility index (Phi) is 3.04. The molecule has 104 valence electrons. The molecule has 1 heterocycles. The van der Waals surface area contributed by atoms with Crippen molar-refractivity contribution in [2.24, 2.45) is 0 Å². The Balaban J connectivity index is 2.16. The third kappa shape index (κ3) is 1.82. The maximum atomic E-state index is 13.9. The van der Waals surface area contributed by atoms with Gasteiger partial charge in [0.1, 0.15) is 5.82 Å². The van der Waals surface area contributed by atoms with Crippen LogP contribution in [-0.2, 0) is 10.3 Å². The van der Waals surface area contributed by atoms with Gasteiger partial charge in [-0.2, -0.15) is 0 Å². The van der Waals surface area contributed by atoms with Gasteiger partial charge in [0.05, 0.1) is 5.56 Å². The van der Waals surface area contributed by atoms with E-state index < -0.39 is 17.3 Å². The lowest BCUT2D eigenvalue weighted by Gasteiger charge is -2.37. The van der Waals surface area contributed by atoms with Crippen LogP contribution in [0, 0.1) is 5.82 Å². The number of hydrogen-bond donors (Lipinski definition) is 1. The van der Waals surface area contributed by atoms with Gasteiger partial charge in [0, 0.05) is 4.47 Å². The van der Waals surface area contributed by atoms with Crippen LogP contribution in [-0.4, -0.2) is 31.3 Å². The molecule has 6 nitrogen and oxygen atoms in total. The highest BCUT2D eigenvalue weighted by molar-refractivity contribution is 9.10. The number of benzene rings is 1. The third-order valence-electron chi connectivity index (χ3n) is 3.62. The summed E-state index contributed by atoms with van der Waals surface area (Å²) in [5.74, 6) is -1.36. The quantitative estimate of drug-likeness (QED) is 0.926. The number of carboxylic acids is 1. The van der Waals surface area contributed by atoms with E-state index in [1.807, 2.05) is 0 Å². The highest BCUT2D eigenvalue weighted by Gasteiger charge is 2.49. The first kappa shape index (κ1) is 13.2. The molecular weight excluding hydrogens is 331 g/mol. The van der Waals surface area contributed by atoms with Crippen LogP contribution in [0.15, 0.2) is 22.7 Å². The molecule has 1 fully saturated rings. The van der Waals surface area contributed by atoms with Crippen molar-refractivity contribution >= 4 is 21.9 Å². The fraction of sp³-hybridized carbons (Fsp3) is 0.333. The number of aliphatic carboxylic acids is 1. The van der Waals surface area contributed by atoms with E-state index in [0.717, 1.165) is 6.42 Å². The zero-order valence-corrected chi connectivity index (χ0v) is 11.8. The summed E-state index contributed by atoms with van der Waals surface area (Å²) in [7, 11) is 0. The maximum Gasteiger partial charge on any atom is 0.331 e. The molecule has 20 heavy (non-hydrogen) atoms. The van der Waals surface area contributed by atoms with Gasteiger partial charge >= 0.3 is 5.97 Å². The summed E-state index contributed by atoms with van der Waals surface area (Å²) in [6.45, 7) is 0. The van der Waals surface area contributed by atoms with E-state index >= 15 is 0 Å². The highest BCUT2D eigenvalue weighted by atomic mass is 79.9. The Morgan fingerprint density at radius 1 is 1.45 bits per heavy atom. The minimum atomic E-state index is -1.16. The van der Waals surface area contributed by atoms with Crippen LogP contribution in [0.25, 0.3) is 11.4 Å². The van der Waals surface area contributed by atoms with Gasteiger partial charge < -0.3 is 5.11 Å². The third-order valence-corrected chi connectivity index (χ3v) is 4.12. The van der Waals surface area contributed by atoms with E-state index in [1.54, 1.807) is 6.07 Å². The molecule has 1 aromatic carbocycles. The van der Waals surface area contributed by atoms with Crippen LogP contribution in [0.5, 0.6) is 0 Å². The standard InChI is InChI=1S/C12H10BrFN4O2/c13-7-2-3-9(14)8(6-7)10-15-16-17-18(10)12(11(19)20)4-1-5-12/h2-3,6H,1,4-5H2,(H,19,20). The van der Waals surface area contributed by atoms with Crippen LogP contribution < -0.4 is 0 Å². The SMILES string of the molecule is O=C(O)C1(n2nnnc2-c2cc(Br)ccc2F)CCC1. The molecule has 1 N–H and O–H groups in total. The van der Waals surface area contributed by atoms with Crippen molar-refractivity contribution < 1.29 is 14.3 Å². The lowest BCUT2D eigenvalue weighted by molar-refractivity contribution is -0.153. The lowest BCUT2D eigenvalue weighted by atomic mass is 9.76. The average Bonchev–Trinajstić information content (AvgIpc) is 2.80. The summed E-state index contributed by atoms with van der Waals surface area (Å²) in [6, 6.07) is 4.38. The predicted molar refractivity (Wildman–Crippen MR) is 70.4 cm³/mol. The Labute approximate surface area is 121 Å². The highest BCUT2D eigenvalue weighted by Crippen LogP contribution is 2.41. The Bertz CT molecular complexity index is 684. The van der Waals surface area contributed by atoms with Gasteiger partial charge in [-0.15, -0.1) is 5.10 Å². The van der Waals surface area contributed by atoms with Crippen molar-refractivity contribution in [1.82, 2.24) is 20.2 Å². The van der Waals surface area contributed by atoms with Crippen LogP contribution in [0.4, 0.5) is 4.39 Å². The second-order valence-corrected chi connectivity index (χ2v) is 5.64. The molecule has 0 aliphatic heterocycles. The van der Waals surface area contributed by atoms with Gasteiger partial charge in [0.15, 0.2) is 11.4 Å². The summed E-state index contributed by atoms with van der Waals surface area (Å²) in [5, 5.41) is 20.5. The molecule has 1 aliphatic carbocycles. The molecule has 2 aromatic rings. The normalized spacial score (nSPS) is 16.7. The summed E-state index contributed by atoms with van der Waals surface area (Å²) < 4.78 is 15.8. The minimum absolute atomic E-state index is 0.130. The number of carbonyl (C=O) groups is 1. The van der Waals surface area contributed by atoms with E-state index in [9.17, 15) is 14.3 Å². The van der Waals surface area contributed by atoms with Crippen molar-refractivity contribution in [3.63, 3.8) is 0 Å². The van der Waals surface area contributed by atoms with Crippen molar-refractivity contribution in [3.05, 3.63) is 28.5 Å². The zero-order chi connectivity index (χ0) is 14.3. The molecular formula is C12H10BrFN4O2. The van der Waals surface area contributed by atoms with E-state index in [0.29, 0.717) is 17.3 Å². The molecule has 3 rings (SSSR count). The number of aromatic nitrogens is 4. The van der Waals surface area contributed by atoms with Crippen molar-refractivity contribution in [2.75, 3.05) is 0 Å². The predicted octanol–water partition coefficient (Wildman–Crippen LogP) is 2.21. The number of halogens is 2.